The molecule has 0 aromatic heterocycles. The van der Waals surface area contributed by atoms with Gasteiger partial charge in [-0.15, -0.1) is 13.2 Å². The van der Waals surface area contributed by atoms with Gasteiger partial charge in [0.25, 0.3) is 0 Å². The van der Waals surface area contributed by atoms with E-state index in [0.29, 0.717) is 0 Å². The van der Waals surface area contributed by atoms with Crippen LogP contribution in [0, 0.1) is 5.92 Å². The molecular weight excluding hydrogens is 144 g/mol. The molecule has 0 atom stereocenters. The molecule has 0 amide bonds. The fraction of sp³-hybridized carbons (Fsp3) is 0.667. The molecule has 0 aliphatic rings. The Labute approximate surface area is 77.4 Å². The summed E-state index contributed by atoms with van der Waals surface area (Å²) in [5, 5.41) is 0. The van der Waals surface area contributed by atoms with Crippen LogP contribution in [-0.2, 0) is 0 Å². The Morgan fingerprint density at radius 3 is 2.08 bits per heavy atom. The van der Waals surface area contributed by atoms with Crippen molar-refractivity contribution in [3.63, 3.8) is 0 Å². The van der Waals surface area contributed by atoms with Crippen LogP contribution < -0.4 is 0 Å². The van der Waals surface area contributed by atoms with Crippen LogP contribution in [0.2, 0.25) is 0 Å². The first-order chi connectivity index (χ1) is 5.85. The molecule has 0 aromatic carbocycles. The highest BCUT2D eigenvalue weighted by Gasteiger charge is 2.03. The summed E-state index contributed by atoms with van der Waals surface area (Å²) >= 11 is 0. The van der Waals surface area contributed by atoms with E-state index in [1.54, 1.807) is 0 Å². The third-order valence-electron chi connectivity index (χ3n) is 2.22. The van der Waals surface area contributed by atoms with Gasteiger partial charge in [-0.1, -0.05) is 38.3 Å². The summed E-state index contributed by atoms with van der Waals surface area (Å²) in [5.74, 6) is 0.798. The number of rotatable bonds is 8. The predicted molar refractivity (Wildman–Crippen MR) is 57.3 cm³/mol. The van der Waals surface area contributed by atoms with Gasteiger partial charge in [-0.3, -0.25) is 0 Å². The molecule has 0 heterocycles. The molecule has 0 saturated carbocycles. The van der Waals surface area contributed by atoms with Crippen molar-refractivity contribution in [2.45, 2.75) is 45.4 Å². The Kier molecular flexibility index (Phi) is 8.20. The maximum absolute atomic E-state index is 3.78. The average Bonchev–Trinajstić information content (AvgIpc) is 2.06. The first kappa shape index (κ1) is 11.5. The zero-order chi connectivity index (χ0) is 9.23. The van der Waals surface area contributed by atoms with Gasteiger partial charge in [-0.2, -0.15) is 0 Å². The molecular formula is C12H22. The molecule has 12 heavy (non-hydrogen) atoms. The Balaban J connectivity index is 3.47. The van der Waals surface area contributed by atoms with Gasteiger partial charge in [-0.25, -0.2) is 0 Å². The van der Waals surface area contributed by atoms with Gasteiger partial charge in [0.2, 0.25) is 0 Å². The van der Waals surface area contributed by atoms with Crippen LogP contribution in [0.25, 0.3) is 0 Å². The maximum Gasteiger partial charge on any atom is -0.0322 e. The van der Waals surface area contributed by atoms with E-state index in [4.69, 9.17) is 0 Å². The number of hydrogen-bond donors (Lipinski definition) is 0. The second kappa shape index (κ2) is 8.58. The van der Waals surface area contributed by atoms with Crippen molar-refractivity contribution in [3.05, 3.63) is 25.3 Å². The summed E-state index contributed by atoms with van der Waals surface area (Å²) < 4.78 is 0. The van der Waals surface area contributed by atoms with Gasteiger partial charge in [0.15, 0.2) is 0 Å². The fourth-order valence-electron chi connectivity index (χ4n) is 1.49. The van der Waals surface area contributed by atoms with Crippen molar-refractivity contribution in [1.29, 1.82) is 0 Å². The van der Waals surface area contributed by atoms with Crippen LogP contribution in [0.1, 0.15) is 45.4 Å². The third kappa shape index (κ3) is 6.21. The molecule has 0 unspecified atom stereocenters. The predicted octanol–water partition coefficient (Wildman–Crippen LogP) is 4.34. The van der Waals surface area contributed by atoms with Crippen LogP contribution in [0.4, 0.5) is 0 Å². The molecule has 0 radical (unpaired) electrons. The van der Waals surface area contributed by atoms with Gasteiger partial charge in [0.1, 0.15) is 0 Å². The molecule has 0 saturated heterocycles. The Hall–Kier alpha value is -0.520. The van der Waals surface area contributed by atoms with Gasteiger partial charge in [0, 0.05) is 0 Å². The van der Waals surface area contributed by atoms with Gasteiger partial charge < -0.3 is 0 Å². The number of hydrogen-bond acceptors (Lipinski definition) is 0. The third-order valence-corrected chi connectivity index (χ3v) is 2.22. The zero-order valence-electron chi connectivity index (χ0n) is 8.39. The molecule has 0 nitrogen and oxygen atoms in total. The summed E-state index contributed by atoms with van der Waals surface area (Å²) in [5.41, 5.74) is 0. The Bertz CT molecular complexity index is 103. The summed E-state index contributed by atoms with van der Waals surface area (Å²) in [6.45, 7) is 9.80. The lowest BCUT2D eigenvalue weighted by Gasteiger charge is -2.11. The molecule has 0 aromatic rings. The molecule has 0 rings (SSSR count). The molecule has 0 heteroatoms. The lowest BCUT2D eigenvalue weighted by atomic mass is 9.95. The highest BCUT2D eigenvalue weighted by atomic mass is 14.1. The van der Waals surface area contributed by atoms with E-state index in [2.05, 4.69) is 20.1 Å². The van der Waals surface area contributed by atoms with E-state index >= 15 is 0 Å². The lowest BCUT2D eigenvalue weighted by Crippen LogP contribution is -1.97. The van der Waals surface area contributed by atoms with E-state index in [9.17, 15) is 0 Å². The quantitative estimate of drug-likeness (QED) is 0.372. The summed E-state index contributed by atoms with van der Waals surface area (Å²) in [4.78, 5) is 0. The highest BCUT2D eigenvalue weighted by molar-refractivity contribution is 4.79. The van der Waals surface area contributed by atoms with E-state index in [0.717, 1.165) is 18.8 Å². The molecule has 0 aliphatic carbocycles. The standard InChI is InChI=1S/C12H22/c1-4-7-8-11-12(9-5-2)10-6-3/h5-6,12H,2-4,7-11H2,1H3. The minimum atomic E-state index is 0.798. The fourth-order valence-corrected chi connectivity index (χ4v) is 1.49. The summed E-state index contributed by atoms with van der Waals surface area (Å²) in [6, 6.07) is 0. The molecule has 70 valence electrons. The number of allylic oxidation sites excluding steroid dienone is 2. The monoisotopic (exact) mass is 166 g/mol. The minimum Gasteiger partial charge on any atom is -0.103 e. The Morgan fingerprint density at radius 2 is 1.67 bits per heavy atom. The lowest BCUT2D eigenvalue weighted by molar-refractivity contribution is 0.467. The van der Waals surface area contributed by atoms with Gasteiger partial charge >= 0.3 is 0 Å². The molecule has 0 aliphatic heterocycles. The average molecular weight is 166 g/mol. The first-order valence-corrected chi connectivity index (χ1v) is 5.06. The second-order valence-electron chi connectivity index (χ2n) is 3.41. The topological polar surface area (TPSA) is 0 Å². The summed E-state index contributed by atoms with van der Waals surface area (Å²) in [7, 11) is 0. The van der Waals surface area contributed by atoms with Crippen LogP contribution in [0.3, 0.4) is 0 Å². The van der Waals surface area contributed by atoms with Crippen molar-refractivity contribution in [2.75, 3.05) is 0 Å². The van der Waals surface area contributed by atoms with Crippen molar-refractivity contribution >= 4 is 0 Å². The van der Waals surface area contributed by atoms with E-state index in [-0.39, 0.29) is 0 Å². The Morgan fingerprint density at radius 1 is 1.08 bits per heavy atom. The van der Waals surface area contributed by atoms with Crippen molar-refractivity contribution in [3.8, 4) is 0 Å². The molecule has 0 bridgehead atoms. The molecule has 0 spiro atoms. The summed E-state index contributed by atoms with van der Waals surface area (Å²) in [6.07, 6.45) is 11.7. The maximum atomic E-state index is 3.78. The smallest absolute Gasteiger partial charge is 0.0322 e. The van der Waals surface area contributed by atoms with Crippen molar-refractivity contribution < 1.29 is 0 Å². The van der Waals surface area contributed by atoms with Crippen LogP contribution in [0.15, 0.2) is 25.3 Å². The number of unbranched alkanes of at least 4 members (excludes halogenated alkanes) is 2. The van der Waals surface area contributed by atoms with E-state index < -0.39 is 0 Å². The van der Waals surface area contributed by atoms with Crippen LogP contribution in [-0.4, -0.2) is 0 Å². The first-order valence-electron chi connectivity index (χ1n) is 5.06. The van der Waals surface area contributed by atoms with E-state index in [1.807, 2.05) is 12.2 Å². The minimum absolute atomic E-state index is 0.798. The molecule has 0 N–H and O–H groups in total. The highest BCUT2D eigenvalue weighted by Crippen LogP contribution is 2.18. The van der Waals surface area contributed by atoms with E-state index in [1.165, 1.54) is 25.7 Å². The van der Waals surface area contributed by atoms with Gasteiger partial charge in [-0.05, 0) is 25.2 Å². The van der Waals surface area contributed by atoms with Crippen molar-refractivity contribution in [1.82, 2.24) is 0 Å². The molecule has 0 fully saturated rings. The van der Waals surface area contributed by atoms with Gasteiger partial charge in [0.05, 0.1) is 0 Å². The SMILES string of the molecule is C=CCC(CC=C)CCCCC. The normalized spacial score (nSPS) is 10.2. The zero-order valence-corrected chi connectivity index (χ0v) is 8.39. The second-order valence-corrected chi connectivity index (χ2v) is 3.41. The van der Waals surface area contributed by atoms with Crippen LogP contribution >= 0.6 is 0 Å². The van der Waals surface area contributed by atoms with Crippen LogP contribution in [0.5, 0.6) is 0 Å². The largest absolute Gasteiger partial charge is 0.103 e. The van der Waals surface area contributed by atoms with Crippen molar-refractivity contribution in [2.24, 2.45) is 5.92 Å².